The van der Waals surface area contributed by atoms with Crippen molar-refractivity contribution in [3.05, 3.63) is 99.3 Å². The van der Waals surface area contributed by atoms with Crippen molar-refractivity contribution in [1.82, 2.24) is 14.5 Å². The first kappa shape index (κ1) is 30.4. The summed E-state index contributed by atoms with van der Waals surface area (Å²) in [5.74, 6) is -3.12. The Morgan fingerprint density at radius 1 is 1.07 bits per heavy atom. The van der Waals surface area contributed by atoms with Crippen molar-refractivity contribution in [1.29, 1.82) is 0 Å². The topological polar surface area (TPSA) is 179 Å². The van der Waals surface area contributed by atoms with Crippen molar-refractivity contribution in [2.45, 2.75) is 23.5 Å². The molecule has 1 heterocycles. The van der Waals surface area contributed by atoms with Crippen LogP contribution in [-0.4, -0.2) is 64.8 Å². The molecule has 2 unspecified atom stereocenters. The van der Waals surface area contributed by atoms with Gasteiger partial charge >= 0.3 is 12.0 Å². The van der Waals surface area contributed by atoms with E-state index >= 15 is 0 Å². The lowest BCUT2D eigenvalue weighted by Crippen LogP contribution is -2.55. The fourth-order valence-corrected chi connectivity index (χ4v) is 6.11. The Balaban J connectivity index is 1.71. The van der Waals surface area contributed by atoms with Crippen LogP contribution < -0.4 is 10.6 Å². The highest BCUT2D eigenvalue weighted by Gasteiger charge is 2.47. The molecule has 1 aliphatic heterocycles. The van der Waals surface area contributed by atoms with E-state index in [-0.39, 0.29) is 34.9 Å². The fourth-order valence-electron chi connectivity index (χ4n) is 4.37. The highest BCUT2D eigenvalue weighted by atomic mass is 35.5. The number of carbonyl (C=O) groups is 3. The third-order valence-electron chi connectivity index (χ3n) is 6.30. The lowest BCUT2D eigenvalue weighted by Gasteiger charge is -2.30. The van der Waals surface area contributed by atoms with Crippen LogP contribution in [0.2, 0.25) is 5.02 Å². The zero-order valence-electron chi connectivity index (χ0n) is 21.5. The minimum absolute atomic E-state index is 0.0702. The summed E-state index contributed by atoms with van der Waals surface area (Å²) in [4.78, 5) is 49.8. The third kappa shape index (κ3) is 6.82. The molecule has 3 amide bonds. The second-order valence-corrected chi connectivity index (χ2v) is 11.4. The number of urea groups is 1. The van der Waals surface area contributed by atoms with Crippen molar-refractivity contribution in [2.75, 3.05) is 18.4 Å². The number of carboxylic acid groups (broad SMARTS) is 1. The molecule has 0 aliphatic carbocycles. The van der Waals surface area contributed by atoms with Crippen molar-refractivity contribution >= 4 is 50.9 Å². The lowest BCUT2D eigenvalue weighted by molar-refractivity contribution is -0.384. The van der Waals surface area contributed by atoms with Crippen LogP contribution in [0.3, 0.4) is 0 Å². The Labute approximate surface area is 243 Å². The fraction of sp³-hybridized carbons (Fsp3) is 0.192. The van der Waals surface area contributed by atoms with Gasteiger partial charge in [-0.05, 0) is 48.0 Å². The number of amides is 3. The second kappa shape index (κ2) is 12.5. The number of benzene rings is 3. The highest BCUT2D eigenvalue weighted by Crippen LogP contribution is 2.28. The van der Waals surface area contributed by atoms with Gasteiger partial charge in [0.1, 0.15) is 5.82 Å². The monoisotopic (exact) mass is 619 g/mol. The summed E-state index contributed by atoms with van der Waals surface area (Å²) < 4.78 is 41.4. The number of hydrogen-bond acceptors (Lipinski definition) is 7. The number of halogens is 2. The smallest absolute Gasteiger partial charge is 0.323 e. The number of nitro benzene ring substituents is 1. The third-order valence-corrected chi connectivity index (χ3v) is 8.40. The molecule has 3 aromatic rings. The molecule has 1 aliphatic rings. The van der Waals surface area contributed by atoms with Crippen LogP contribution in [0.4, 0.5) is 20.6 Å². The van der Waals surface area contributed by atoms with E-state index in [9.17, 15) is 42.4 Å². The maximum Gasteiger partial charge on any atom is 0.323 e. The minimum Gasteiger partial charge on any atom is -0.481 e. The Morgan fingerprint density at radius 2 is 1.76 bits per heavy atom. The van der Waals surface area contributed by atoms with Crippen LogP contribution >= 0.6 is 11.6 Å². The van der Waals surface area contributed by atoms with E-state index < -0.39 is 57.3 Å². The molecule has 4 rings (SSSR count). The van der Waals surface area contributed by atoms with Gasteiger partial charge in [-0.15, -0.1) is 0 Å². The molecule has 0 radical (unpaired) electrons. The zero-order chi connectivity index (χ0) is 30.6. The molecule has 1 fully saturated rings. The van der Waals surface area contributed by atoms with Gasteiger partial charge in [0.15, 0.2) is 6.17 Å². The minimum atomic E-state index is -4.48. The zero-order valence-corrected chi connectivity index (χ0v) is 23.1. The number of nitrogens with zero attached hydrogens (tertiary/aromatic N) is 3. The number of sulfonamides is 1. The summed E-state index contributed by atoms with van der Waals surface area (Å²) in [5, 5.41) is 26.0. The van der Waals surface area contributed by atoms with Crippen molar-refractivity contribution in [3.8, 4) is 0 Å². The molecule has 16 heteroatoms. The van der Waals surface area contributed by atoms with Crippen LogP contribution in [0.15, 0.2) is 77.7 Å². The molecule has 2 atom stereocenters. The number of aliphatic carboxylic acids is 1. The van der Waals surface area contributed by atoms with E-state index in [4.69, 9.17) is 11.6 Å². The Morgan fingerprint density at radius 3 is 2.40 bits per heavy atom. The number of hydrogen-bond donors (Lipinski definition) is 3. The SMILES string of the molecule is O=C(O)CC(NC(=O)C1N(C(=O)Nc2cccc(Cl)c2)CCN1S(=O)(=O)c1ccc(F)cc1)c1cccc([N+](=O)[O-])c1. The van der Waals surface area contributed by atoms with Crippen LogP contribution in [0.25, 0.3) is 0 Å². The molecular formula is C26H23ClFN5O8S. The summed E-state index contributed by atoms with van der Waals surface area (Å²) in [5.41, 5.74) is -0.0336. The molecule has 42 heavy (non-hydrogen) atoms. The Bertz CT molecular complexity index is 1640. The molecule has 13 nitrogen and oxygen atoms in total. The van der Waals surface area contributed by atoms with Crippen LogP contribution in [0, 0.1) is 15.9 Å². The van der Waals surface area contributed by atoms with Crippen molar-refractivity contribution in [2.24, 2.45) is 0 Å². The number of carboxylic acids is 1. The molecule has 0 saturated carbocycles. The van der Waals surface area contributed by atoms with Crippen molar-refractivity contribution in [3.63, 3.8) is 0 Å². The largest absolute Gasteiger partial charge is 0.481 e. The molecule has 3 aromatic carbocycles. The summed E-state index contributed by atoms with van der Waals surface area (Å²) >= 11 is 5.98. The van der Waals surface area contributed by atoms with Gasteiger partial charge in [0.2, 0.25) is 10.0 Å². The highest BCUT2D eigenvalue weighted by molar-refractivity contribution is 7.89. The summed E-state index contributed by atoms with van der Waals surface area (Å²) in [6, 6.07) is 12.7. The van der Waals surface area contributed by atoms with E-state index in [0.717, 1.165) is 39.5 Å². The number of nitrogens with one attached hydrogen (secondary N) is 2. The summed E-state index contributed by atoms with van der Waals surface area (Å²) in [6.07, 6.45) is -2.52. The van der Waals surface area contributed by atoms with Crippen LogP contribution in [0.5, 0.6) is 0 Å². The predicted molar refractivity (Wildman–Crippen MR) is 147 cm³/mol. The number of rotatable bonds is 9. The number of non-ortho nitro benzene ring substituents is 1. The first-order valence-electron chi connectivity index (χ1n) is 12.2. The molecular weight excluding hydrogens is 597 g/mol. The maximum absolute atomic E-state index is 13.7. The summed E-state index contributed by atoms with van der Waals surface area (Å²) in [7, 11) is -4.48. The van der Waals surface area contributed by atoms with E-state index in [2.05, 4.69) is 10.6 Å². The Hall–Kier alpha value is -4.60. The average molecular weight is 620 g/mol. The molecule has 0 spiro atoms. The van der Waals surface area contributed by atoms with E-state index in [1.54, 1.807) is 12.1 Å². The maximum atomic E-state index is 13.7. The first-order valence-corrected chi connectivity index (χ1v) is 14.1. The van der Waals surface area contributed by atoms with Gasteiger partial charge < -0.3 is 15.7 Å². The lowest BCUT2D eigenvalue weighted by atomic mass is 10.0. The first-order chi connectivity index (χ1) is 19.9. The quantitative estimate of drug-likeness (QED) is 0.240. The standard InChI is InChI=1S/C26H23ClFN5O8S/c27-17-4-2-5-19(14-17)29-26(37)31-11-12-32(42(40,41)21-9-7-18(28)8-10-21)25(31)24(36)30-22(15-23(34)35)16-3-1-6-20(13-16)33(38)39/h1-10,13-14,22,25H,11-12,15H2,(H,29,37)(H,30,36)(H,34,35). The van der Waals surface area contributed by atoms with Gasteiger partial charge in [-0.2, -0.15) is 4.31 Å². The molecule has 0 aromatic heterocycles. The van der Waals surface area contributed by atoms with Gasteiger partial charge in [0, 0.05) is 35.9 Å². The van der Waals surface area contributed by atoms with Gasteiger partial charge in [-0.3, -0.25) is 24.6 Å². The average Bonchev–Trinajstić information content (AvgIpc) is 3.39. The van der Waals surface area contributed by atoms with E-state index in [1.165, 1.54) is 30.3 Å². The van der Waals surface area contributed by atoms with Gasteiger partial charge in [-0.25, -0.2) is 17.6 Å². The van der Waals surface area contributed by atoms with Crippen LogP contribution in [0.1, 0.15) is 18.0 Å². The van der Waals surface area contributed by atoms with Gasteiger partial charge in [0.05, 0.1) is 22.3 Å². The van der Waals surface area contributed by atoms with Gasteiger partial charge in [-0.1, -0.05) is 29.8 Å². The van der Waals surface area contributed by atoms with E-state index in [0.29, 0.717) is 5.02 Å². The molecule has 3 N–H and O–H groups in total. The second-order valence-electron chi connectivity index (χ2n) is 9.09. The van der Waals surface area contributed by atoms with Gasteiger partial charge in [0.25, 0.3) is 11.6 Å². The predicted octanol–water partition coefficient (Wildman–Crippen LogP) is 3.58. The Kier molecular flexibility index (Phi) is 9.04. The number of anilines is 1. The summed E-state index contributed by atoms with van der Waals surface area (Å²) in [6.45, 7) is -0.577. The number of nitro groups is 1. The number of carbonyl (C=O) groups excluding carboxylic acids is 2. The molecule has 1 saturated heterocycles. The molecule has 220 valence electrons. The normalized spacial score (nSPS) is 16.0. The molecule has 0 bridgehead atoms. The van der Waals surface area contributed by atoms with E-state index in [1.807, 2.05) is 0 Å². The van der Waals surface area contributed by atoms with Crippen molar-refractivity contribution < 1.29 is 37.2 Å². The van der Waals surface area contributed by atoms with Crippen LogP contribution in [-0.2, 0) is 19.6 Å².